The number of amides is 2. The van der Waals surface area contributed by atoms with Crippen molar-refractivity contribution >= 4 is 17.4 Å². The topological polar surface area (TPSA) is 54.5 Å². The van der Waals surface area contributed by atoms with E-state index in [1.807, 2.05) is 12.4 Å². The van der Waals surface area contributed by atoms with E-state index >= 15 is 0 Å². The van der Waals surface area contributed by atoms with Gasteiger partial charge in [0.25, 0.3) is 0 Å². The molecular formula is C14H23N3O2S. The van der Waals surface area contributed by atoms with Gasteiger partial charge < -0.3 is 15.0 Å². The molecule has 0 unspecified atom stereocenters. The normalized spacial score (nSPS) is 21.4. The van der Waals surface area contributed by atoms with E-state index in [-0.39, 0.29) is 18.0 Å². The molecule has 1 aliphatic heterocycles. The van der Waals surface area contributed by atoms with Crippen LogP contribution in [0.25, 0.3) is 0 Å². The zero-order valence-electron chi connectivity index (χ0n) is 12.3. The van der Waals surface area contributed by atoms with Crippen molar-refractivity contribution in [3.63, 3.8) is 0 Å². The maximum Gasteiger partial charge on any atom is 0.317 e. The lowest BCUT2D eigenvalue weighted by Gasteiger charge is -2.25. The number of thiazole rings is 1. The van der Waals surface area contributed by atoms with Gasteiger partial charge in [-0.2, -0.15) is 0 Å². The Balaban J connectivity index is 1.79. The van der Waals surface area contributed by atoms with Crippen LogP contribution in [0.1, 0.15) is 31.2 Å². The Kier molecular flexibility index (Phi) is 5.37. The molecule has 0 radical (unpaired) electrons. The number of carbonyl (C=O) groups excluding carboxylic acids is 1. The molecule has 1 aromatic heterocycles. The first-order chi connectivity index (χ1) is 9.58. The SMILES string of the molecule is C[C@H](CN(C)C(=O)N[C@@H](C)[C@H]1CCOC1)c1nccs1. The van der Waals surface area contributed by atoms with Gasteiger partial charge in [0.05, 0.1) is 11.6 Å². The molecule has 2 heterocycles. The average Bonchev–Trinajstić information content (AvgIpc) is 3.11. The zero-order chi connectivity index (χ0) is 14.5. The Morgan fingerprint density at radius 2 is 2.45 bits per heavy atom. The molecular weight excluding hydrogens is 274 g/mol. The van der Waals surface area contributed by atoms with Crippen molar-refractivity contribution in [2.45, 2.75) is 32.2 Å². The van der Waals surface area contributed by atoms with Gasteiger partial charge in [0.1, 0.15) is 0 Å². The third kappa shape index (κ3) is 3.93. The molecule has 0 aromatic carbocycles. The maximum absolute atomic E-state index is 12.2. The second kappa shape index (κ2) is 7.04. The quantitative estimate of drug-likeness (QED) is 0.907. The maximum atomic E-state index is 12.2. The van der Waals surface area contributed by atoms with Gasteiger partial charge in [-0.3, -0.25) is 0 Å². The number of carbonyl (C=O) groups is 1. The summed E-state index contributed by atoms with van der Waals surface area (Å²) in [6, 6.07) is 0.135. The summed E-state index contributed by atoms with van der Waals surface area (Å²) in [4.78, 5) is 18.2. The number of nitrogens with one attached hydrogen (secondary N) is 1. The van der Waals surface area contributed by atoms with Crippen LogP contribution in [0.2, 0.25) is 0 Å². The molecule has 0 bridgehead atoms. The van der Waals surface area contributed by atoms with Crippen LogP contribution >= 0.6 is 11.3 Å². The largest absolute Gasteiger partial charge is 0.381 e. The van der Waals surface area contributed by atoms with Gasteiger partial charge >= 0.3 is 6.03 Å². The van der Waals surface area contributed by atoms with Crippen LogP contribution in [0.3, 0.4) is 0 Å². The molecule has 112 valence electrons. The van der Waals surface area contributed by atoms with Crippen LogP contribution in [0.5, 0.6) is 0 Å². The van der Waals surface area contributed by atoms with Gasteiger partial charge in [0.2, 0.25) is 0 Å². The summed E-state index contributed by atoms with van der Waals surface area (Å²) in [7, 11) is 1.83. The van der Waals surface area contributed by atoms with Crippen molar-refractivity contribution in [3.8, 4) is 0 Å². The van der Waals surface area contributed by atoms with E-state index in [2.05, 4.69) is 24.1 Å². The lowest BCUT2D eigenvalue weighted by Crippen LogP contribution is -2.45. The fraction of sp³-hybridized carbons (Fsp3) is 0.714. The van der Waals surface area contributed by atoms with Gasteiger partial charge in [-0.15, -0.1) is 11.3 Å². The summed E-state index contributed by atoms with van der Waals surface area (Å²) < 4.78 is 5.36. The minimum Gasteiger partial charge on any atom is -0.381 e. The predicted octanol–water partition coefficient (Wildman–Crippen LogP) is 2.31. The number of hydrogen-bond donors (Lipinski definition) is 1. The number of ether oxygens (including phenoxy) is 1. The van der Waals surface area contributed by atoms with Crippen molar-refractivity contribution in [1.29, 1.82) is 0 Å². The van der Waals surface area contributed by atoms with Gasteiger partial charge in [0.15, 0.2) is 0 Å². The van der Waals surface area contributed by atoms with Crippen LogP contribution in [0, 0.1) is 5.92 Å². The van der Waals surface area contributed by atoms with E-state index in [9.17, 15) is 4.79 Å². The molecule has 1 aromatic rings. The van der Waals surface area contributed by atoms with E-state index in [4.69, 9.17) is 4.74 Å². The number of nitrogens with zero attached hydrogens (tertiary/aromatic N) is 2. The van der Waals surface area contributed by atoms with Crippen LogP contribution in [0.4, 0.5) is 4.79 Å². The summed E-state index contributed by atoms with van der Waals surface area (Å²) in [5.74, 6) is 0.694. The Morgan fingerprint density at radius 1 is 1.65 bits per heavy atom. The first-order valence-corrected chi connectivity index (χ1v) is 7.94. The van der Waals surface area contributed by atoms with Gasteiger partial charge in [-0.25, -0.2) is 9.78 Å². The molecule has 6 heteroatoms. The fourth-order valence-corrected chi connectivity index (χ4v) is 3.11. The minimum absolute atomic E-state index is 0.0205. The third-order valence-corrected chi connectivity index (χ3v) is 4.80. The molecule has 5 nitrogen and oxygen atoms in total. The highest BCUT2D eigenvalue weighted by molar-refractivity contribution is 7.09. The van der Waals surface area contributed by atoms with Crippen LogP contribution < -0.4 is 5.32 Å². The molecule has 0 saturated carbocycles. The average molecular weight is 297 g/mol. The van der Waals surface area contributed by atoms with E-state index in [0.29, 0.717) is 12.5 Å². The zero-order valence-corrected chi connectivity index (χ0v) is 13.2. The standard InChI is InChI=1S/C14H23N3O2S/c1-10(13-15-5-7-20-13)8-17(3)14(18)16-11(2)12-4-6-19-9-12/h5,7,10-12H,4,6,8-9H2,1-3H3,(H,16,18)/t10-,11+,12+/m1/s1. The molecule has 1 N–H and O–H groups in total. The van der Waals surface area contributed by atoms with Crippen LogP contribution in [0.15, 0.2) is 11.6 Å². The van der Waals surface area contributed by atoms with Crippen LogP contribution in [-0.4, -0.2) is 48.8 Å². The second-order valence-corrected chi connectivity index (χ2v) is 6.44. The molecule has 2 amide bonds. The highest BCUT2D eigenvalue weighted by Crippen LogP contribution is 2.19. The van der Waals surface area contributed by atoms with Gasteiger partial charge in [-0.1, -0.05) is 6.92 Å². The first-order valence-electron chi connectivity index (χ1n) is 7.06. The van der Waals surface area contributed by atoms with Crippen LogP contribution in [-0.2, 0) is 4.74 Å². The lowest BCUT2D eigenvalue weighted by molar-refractivity contribution is 0.173. The Labute approximate surface area is 124 Å². The second-order valence-electron chi connectivity index (χ2n) is 5.51. The Morgan fingerprint density at radius 3 is 3.05 bits per heavy atom. The summed E-state index contributed by atoms with van der Waals surface area (Å²) >= 11 is 1.63. The molecule has 1 aliphatic rings. The highest BCUT2D eigenvalue weighted by Gasteiger charge is 2.25. The molecule has 20 heavy (non-hydrogen) atoms. The highest BCUT2D eigenvalue weighted by atomic mass is 32.1. The number of rotatable bonds is 5. The van der Waals surface area contributed by atoms with Crippen molar-refractivity contribution < 1.29 is 9.53 Å². The summed E-state index contributed by atoms with van der Waals surface area (Å²) in [6.07, 6.45) is 2.83. The lowest BCUT2D eigenvalue weighted by atomic mass is 10.0. The predicted molar refractivity (Wildman–Crippen MR) is 80.1 cm³/mol. The number of likely N-dealkylation sites (N-methyl/N-ethyl adjacent to an activating group) is 1. The van der Waals surface area contributed by atoms with Crippen molar-refractivity contribution in [2.75, 3.05) is 26.8 Å². The minimum atomic E-state index is -0.0205. The fourth-order valence-electron chi connectivity index (χ4n) is 2.42. The van der Waals surface area contributed by atoms with Crippen molar-refractivity contribution in [1.82, 2.24) is 15.2 Å². The number of aromatic nitrogens is 1. The Bertz CT molecular complexity index is 418. The molecule has 1 fully saturated rings. The first kappa shape index (κ1) is 15.3. The van der Waals surface area contributed by atoms with Gasteiger partial charge in [0, 0.05) is 49.7 Å². The molecule has 1 saturated heterocycles. The van der Waals surface area contributed by atoms with Crippen molar-refractivity contribution in [2.24, 2.45) is 5.92 Å². The summed E-state index contributed by atoms with van der Waals surface area (Å²) in [6.45, 7) is 6.38. The number of urea groups is 1. The number of hydrogen-bond acceptors (Lipinski definition) is 4. The van der Waals surface area contributed by atoms with E-state index in [0.717, 1.165) is 24.6 Å². The molecule has 0 spiro atoms. The summed E-state index contributed by atoms with van der Waals surface area (Å²) in [5.41, 5.74) is 0. The molecule has 0 aliphatic carbocycles. The van der Waals surface area contributed by atoms with Crippen molar-refractivity contribution in [3.05, 3.63) is 16.6 Å². The Hall–Kier alpha value is -1.14. The van der Waals surface area contributed by atoms with Gasteiger partial charge in [-0.05, 0) is 13.3 Å². The summed E-state index contributed by atoms with van der Waals surface area (Å²) in [5, 5.41) is 6.10. The molecule has 2 rings (SSSR count). The molecule has 3 atom stereocenters. The van der Waals surface area contributed by atoms with E-state index in [1.54, 1.807) is 22.4 Å². The monoisotopic (exact) mass is 297 g/mol. The van der Waals surface area contributed by atoms with E-state index < -0.39 is 0 Å². The third-order valence-electron chi connectivity index (χ3n) is 3.79. The smallest absolute Gasteiger partial charge is 0.317 e. The van der Waals surface area contributed by atoms with E-state index in [1.165, 1.54) is 0 Å².